The number of hydrogen-bond donors (Lipinski definition) is 1. The van der Waals surface area contributed by atoms with E-state index < -0.39 is 0 Å². The van der Waals surface area contributed by atoms with Crippen LogP contribution in [0, 0.1) is 5.82 Å². The lowest BCUT2D eigenvalue weighted by Crippen LogP contribution is -2.12. The first-order valence-corrected chi connectivity index (χ1v) is 6.62. The molecule has 0 fully saturated rings. The smallest absolute Gasteiger partial charge is 0.123 e. The third kappa shape index (κ3) is 3.15. The highest BCUT2D eigenvalue weighted by molar-refractivity contribution is 9.11. The molecule has 0 heterocycles. The standard InChI is InChI=1S/C13H10Br2FN/c14-10-4-9(5-11(15)7-10)13(17)8-2-1-3-12(16)6-8/h1-7,13H,17H2. The van der Waals surface area contributed by atoms with E-state index in [1.165, 1.54) is 12.1 Å². The van der Waals surface area contributed by atoms with Crippen LogP contribution in [0.3, 0.4) is 0 Å². The molecule has 1 atom stereocenters. The molecule has 0 aliphatic heterocycles. The van der Waals surface area contributed by atoms with Gasteiger partial charge < -0.3 is 5.73 Å². The summed E-state index contributed by atoms with van der Waals surface area (Å²) in [5.74, 6) is -0.271. The highest BCUT2D eigenvalue weighted by Crippen LogP contribution is 2.26. The number of nitrogens with two attached hydrogens (primary N) is 1. The molecule has 17 heavy (non-hydrogen) atoms. The summed E-state index contributed by atoms with van der Waals surface area (Å²) in [4.78, 5) is 0. The molecular weight excluding hydrogens is 349 g/mol. The Balaban J connectivity index is 2.39. The van der Waals surface area contributed by atoms with Crippen molar-refractivity contribution in [3.05, 3.63) is 68.4 Å². The van der Waals surface area contributed by atoms with Crippen LogP contribution in [0.15, 0.2) is 51.4 Å². The highest BCUT2D eigenvalue weighted by Gasteiger charge is 2.10. The van der Waals surface area contributed by atoms with Gasteiger partial charge in [-0.3, -0.25) is 0 Å². The molecule has 4 heteroatoms. The summed E-state index contributed by atoms with van der Waals surface area (Å²) in [6.45, 7) is 0. The predicted octanol–water partition coefficient (Wildman–Crippen LogP) is 4.40. The molecule has 0 aliphatic rings. The van der Waals surface area contributed by atoms with Crippen LogP contribution in [-0.4, -0.2) is 0 Å². The maximum Gasteiger partial charge on any atom is 0.123 e. The highest BCUT2D eigenvalue weighted by atomic mass is 79.9. The van der Waals surface area contributed by atoms with Gasteiger partial charge in [0.15, 0.2) is 0 Å². The monoisotopic (exact) mass is 357 g/mol. The Labute approximate surface area is 116 Å². The van der Waals surface area contributed by atoms with E-state index >= 15 is 0 Å². The van der Waals surface area contributed by atoms with E-state index in [1.54, 1.807) is 6.07 Å². The lowest BCUT2D eigenvalue weighted by Gasteiger charge is -2.13. The van der Waals surface area contributed by atoms with E-state index in [-0.39, 0.29) is 11.9 Å². The second-order valence-electron chi connectivity index (χ2n) is 3.74. The van der Waals surface area contributed by atoms with Gasteiger partial charge in [-0.05, 0) is 41.5 Å². The van der Waals surface area contributed by atoms with Gasteiger partial charge >= 0.3 is 0 Å². The van der Waals surface area contributed by atoms with Crippen LogP contribution in [0.2, 0.25) is 0 Å². The maximum atomic E-state index is 13.1. The fourth-order valence-electron chi connectivity index (χ4n) is 1.65. The van der Waals surface area contributed by atoms with Crippen molar-refractivity contribution in [3.8, 4) is 0 Å². The summed E-state index contributed by atoms with van der Waals surface area (Å²) in [5.41, 5.74) is 7.80. The number of rotatable bonds is 2. The lowest BCUT2D eigenvalue weighted by atomic mass is 10.00. The largest absolute Gasteiger partial charge is 0.320 e. The van der Waals surface area contributed by atoms with E-state index in [2.05, 4.69) is 31.9 Å². The Morgan fingerprint density at radius 1 is 0.941 bits per heavy atom. The number of benzene rings is 2. The summed E-state index contributed by atoms with van der Waals surface area (Å²) in [7, 11) is 0. The van der Waals surface area contributed by atoms with Crippen LogP contribution in [0.4, 0.5) is 4.39 Å². The van der Waals surface area contributed by atoms with Gasteiger partial charge in [0, 0.05) is 8.95 Å². The molecule has 0 aliphatic carbocycles. The van der Waals surface area contributed by atoms with Crippen LogP contribution >= 0.6 is 31.9 Å². The normalized spacial score (nSPS) is 12.5. The number of hydrogen-bond acceptors (Lipinski definition) is 1. The van der Waals surface area contributed by atoms with E-state index in [4.69, 9.17) is 5.73 Å². The summed E-state index contributed by atoms with van der Waals surface area (Å²) in [5, 5.41) is 0. The quantitative estimate of drug-likeness (QED) is 0.845. The first-order chi connectivity index (χ1) is 8.06. The zero-order valence-electron chi connectivity index (χ0n) is 8.83. The Kier molecular flexibility index (Phi) is 3.97. The molecule has 1 unspecified atom stereocenters. The Bertz CT molecular complexity index is 522. The van der Waals surface area contributed by atoms with Crippen LogP contribution in [0.5, 0.6) is 0 Å². The first-order valence-electron chi connectivity index (χ1n) is 5.03. The van der Waals surface area contributed by atoms with Gasteiger partial charge in [0.2, 0.25) is 0 Å². The first kappa shape index (κ1) is 12.7. The topological polar surface area (TPSA) is 26.0 Å². The summed E-state index contributed by atoms with van der Waals surface area (Å²) in [6, 6.07) is 11.8. The van der Waals surface area contributed by atoms with Crippen molar-refractivity contribution in [1.29, 1.82) is 0 Å². The zero-order chi connectivity index (χ0) is 12.4. The van der Waals surface area contributed by atoms with E-state index in [0.717, 1.165) is 20.1 Å². The van der Waals surface area contributed by atoms with E-state index in [9.17, 15) is 4.39 Å². The van der Waals surface area contributed by atoms with Crippen LogP contribution in [-0.2, 0) is 0 Å². The van der Waals surface area contributed by atoms with Crippen LogP contribution in [0.25, 0.3) is 0 Å². The van der Waals surface area contributed by atoms with Gasteiger partial charge in [-0.2, -0.15) is 0 Å². The lowest BCUT2D eigenvalue weighted by molar-refractivity contribution is 0.623. The average Bonchev–Trinajstić information content (AvgIpc) is 2.26. The van der Waals surface area contributed by atoms with Crippen LogP contribution in [0.1, 0.15) is 17.2 Å². The molecule has 88 valence electrons. The summed E-state index contributed by atoms with van der Waals surface area (Å²) in [6.07, 6.45) is 0. The fourth-order valence-corrected chi connectivity index (χ4v) is 2.98. The zero-order valence-corrected chi connectivity index (χ0v) is 12.0. The van der Waals surface area contributed by atoms with E-state index in [1.807, 2.05) is 24.3 Å². The Morgan fingerprint density at radius 2 is 1.59 bits per heavy atom. The van der Waals surface area contributed by atoms with Gasteiger partial charge in [-0.15, -0.1) is 0 Å². The molecule has 2 aromatic carbocycles. The minimum atomic E-state index is -0.334. The molecule has 0 saturated carbocycles. The minimum Gasteiger partial charge on any atom is -0.320 e. The molecule has 0 spiro atoms. The molecule has 2 N–H and O–H groups in total. The van der Waals surface area contributed by atoms with Gasteiger partial charge in [-0.25, -0.2) is 4.39 Å². The predicted molar refractivity (Wildman–Crippen MR) is 74.3 cm³/mol. The third-order valence-electron chi connectivity index (χ3n) is 2.45. The van der Waals surface area contributed by atoms with Crippen molar-refractivity contribution in [2.75, 3.05) is 0 Å². The third-order valence-corrected chi connectivity index (χ3v) is 3.37. The molecule has 0 radical (unpaired) electrons. The van der Waals surface area contributed by atoms with Crippen molar-refractivity contribution >= 4 is 31.9 Å². The van der Waals surface area contributed by atoms with Gasteiger partial charge in [-0.1, -0.05) is 44.0 Å². The van der Waals surface area contributed by atoms with Crippen molar-refractivity contribution < 1.29 is 4.39 Å². The minimum absolute atomic E-state index is 0.271. The molecule has 1 nitrogen and oxygen atoms in total. The molecule has 2 aromatic rings. The van der Waals surface area contributed by atoms with Gasteiger partial charge in [0.25, 0.3) is 0 Å². The SMILES string of the molecule is NC(c1cccc(F)c1)c1cc(Br)cc(Br)c1. The van der Waals surface area contributed by atoms with Crippen molar-refractivity contribution in [1.82, 2.24) is 0 Å². The molecule has 0 aromatic heterocycles. The summed E-state index contributed by atoms with van der Waals surface area (Å²) < 4.78 is 15.0. The van der Waals surface area contributed by atoms with Crippen molar-refractivity contribution in [2.24, 2.45) is 5.73 Å². The molecule has 0 saturated heterocycles. The van der Waals surface area contributed by atoms with Gasteiger partial charge in [0.1, 0.15) is 5.82 Å². The average molecular weight is 359 g/mol. The van der Waals surface area contributed by atoms with Gasteiger partial charge in [0.05, 0.1) is 6.04 Å². The second-order valence-corrected chi connectivity index (χ2v) is 5.57. The number of halogens is 3. The van der Waals surface area contributed by atoms with Crippen LogP contribution < -0.4 is 5.73 Å². The van der Waals surface area contributed by atoms with E-state index in [0.29, 0.717) is 0 Å². The molecule has 0 bridgehead atoms. The molecule has 0 amide bonds. The summed E-state index contributed by atoms with van der Waals surface area (Å²) >= 11 is 6.82. The molecular formula is C13H10Br2FN. The molecule has 2 rings (SSSR count). The van der Waals surface area contributed by atoms with Crippen molar-refractivity contribution in [2.45, 2.75) is 6.04 Å². The fraction of sp³-hybridized carbons (Fsp3) is 0.0769. The Morgan fingerprint density at radius 3 is 2.18 bits per heavy atom. The van der Waals surface area contributed by atoms with Crippen molar-refractivity contribution in [3.63, 3.8) is 0 Å². The second kappa shape index (κ2) is 5.29. The Hall–Kier alpha value is -0.710. The maximum absolute atomic E-state index is 13.1.